The van der Waals surface area contributed by atoms with Crippen molar-refractivity contribution in [3.05, 3.63) is 24.3 Å². The summed E-state index contributed by atoms with van der Waals surface area (Å²) < 4.78 is 0. The van der Waals surface area contributed by atoms with Gasteiger partial charge in [-0.3, -0.25) is 19.2 Å². The Bertz CT molecular complexity index is 676. The third kappa shape index (κ3) is 7.83. The van der Waals surface area contributed by atoms with Gasteiger partial charge in [-0.2, -0.15) is 0 Å². The molecular weight excluding hydrogens is 402 g/mol. The van der Waals surface area contributed by atoms with Crippen molar-refractivity contribution < 1.29 is 19.2 Å². The summed E-state index contributed by atoms with van der Waals surface area (Å²) in [5.41, 5.74) is 1.19. The van der Waals surface area contributed by atoms with E-state index in [2.05, 4.69) is 18.5 Å². The number of allylic oxidation sites excluding steroid dienone is 2. The molecule has 0 aliphatic heterocycles. The molecule has 0 aromatic heterocycles. The van der Waals surface area contributed by atoms with Crippen molar-refractivity contribution in [1.82, 2.24) is 5.32 Å². The van der Waals surface area contributed by atoms with Gasteiger partial charge in [-0.1, -0.05) is 32.4 Å². The molecule has 0 heterocycles. The van der Waals surface area contributed by atoms with Crippen LogP contribution in [0.25, 0.3) is 0 Å². The van der Waals surface area contributed by atoms with E-state index in [1.807, 2.05) is 0 Å². The van der Waals surface area contributed by atoms with Crippen molar-refractivity contribution in [3.63, 3.8) is 0 Å². The van der Waals surface area contributed by atoms with Gasteiger partial charge in [0, 0.05) is 36.6 Å². The van der Waals surface area contributed by atoms with E-state index in [4.69, 9.17) is 0 Å². The summed E-state index contributed by atoms with van der Waals surface area (Å²) in [4.78, 5) is 48.8. The molecule has 5 heteroatoms. The van der Waals surface area contributed by atoms with Gasteiger partial charge in [0.05, 0.1) is 0 Å². The largest absolute Gasteiger partial charge is 0.356 e. The predicted octanol–water partition coefficient (Wildman–Crippen LogP) is 5.14. The fourth-order valence-electron chi connectivity index (χ4n) is 5.18. The third-order valence-electron chi connectivity index (χ3n) is 7.17. The standard InChI is InChI=1S/C27H41NO4/c1-18(2)25(30)21-12-11-20(16-21)24(29)10-8-6-5-7-9-15-28-27(32)23-14-13-22(17-23)26(31)19(3)4/h20-23H,1,3,5-17H2,2,4H3,(H,28,32). The van der Waals surface area contributed by atoms with Crippen molar-refractivity contribution in [2.24, 2.45) is 23.7 Å². The molecule has 0 spiro atoms. The lowest BCUT2D eigenvalue weighted by Crippen LogP contribution is -2.30. The monoisotopic (exact) mass is 443 g/mol. The molecule has 0 aromatic rings. The molecule has 2 saturated carbocycles. The molecule has 4 atom stereocenters. The van der Waals surface area contributed by atoms with Crippen LogP contribution in [0.2, 0.25) is 0 Å². The van der Waals surface area contributed by atoms with E-state index < -0.39 is 0 Å². The molecule has 2 fully saturated rings. The average Bonchev–Trinajstić information content (AvgIpc) is 3.44. The maximum atomic E-state index is 12.4. The maximum Gasteiger partial charge on any atom is 0.223 e. The predicted molar refractivity (Wildman–Crippen MR) is 127 cm³/mol. The number of unbranched alkanes of at least 4 members (excludes halogenated alkanes) is 4. The van der Waals surface area contributed by atoms with E-state index >= 15 is 0 Å². The molecule has 4 unspecified atom stereocenters. The van der Waals surface area contributed by atoms with Gasteiger partial charge in [0.25, 0.3) is 0 Å². The number of ketones is 3. The molecule has 5 nitrogen and oxygen atoms in total. The Kier molecular flexibility index (Phi) is 10.5. The second kappa shape index (κ2) is 12.9. The Hall–Kier alpha value is -2.04. The SMILES string of the molecule is C=C(C)C(=O)C1CCC(C(=O)CCCCCCCNC(=O)C2CCC(C(=O)C(=C)C)C2)C1. The van der Waals surface area contributed by atoms with Crippen LogP contribution in [0, 0.1) is 23.7 Å². The molecule has 1 amide bonds. The Labute approximate surface area is 193 Å². The first kappa shape index (κ1) is 26.2. The summed E-state index contributed by atoms with van der Waals surface area (Å²) in [6.07, 6.45) is 10.1. The highest BCUT2D eigenvalue weighted by Crippen LogP contribution is 2.34. The number of Topliss-reactive ketones (excluding diaryl/α,β-unsaturated/α-hetero) is 3. The van der Waals surface area contributed by atoms with Crippen LogP contribution in [0.1, 0.15) is 90.9 Å². The first-order chi connectivity index (χ1) is 15.2. The molecular formula is C27H41NO4. The van der Waals surface area contributed by atoms with Crippen molar-refractivity contribution in [2.45, 2.75) is 90.9 Å². The van der Waals surface area contributed by atoms with Gasteiger partial charge in [0.1, 0.15) is 5.78 Å². The number of carbonyl (C=O) groups is 4. The van der Waals surface area contributed by atoms with E-state index in [0.29, 0.717) is 42.7 Å². The van der Waals surface area contributed by atoms with Crippen LogP contribution >= 0.6 is 0 Å². The average molecular weight is 444 g/mol. The second-order valence-electron chi connectivity index (χ2n) is 9.98. The van der Waals surface area contributed by atoms with Crippen LogP contribution in [0.3, 0.4) is 0 Å². The van der Waals surface area contributed by atoms with Crippen molar-refractivity contribution in [2.75, 3.05) is 6.54 Å². The number of amides is 1. The summed E-state index contributed by atoms with van der Waals surface area (Å²) in [5, 5.41) is 3.02. The molecule has 0 aromatic carbocycles. The van der Waals surface area contributed by atoms with Gasteiger partial charge in [-0.05, 0) is 76.4 Å². The molecule has 0 radical (unpaired) electrons. The quantitative estimate of drug-likeness (QED) is 0.298. The lowest BCUT2D eigenvalue weighted by molar-refractivity contribution is -0.125. The minimum absolute atomic E-state index is 0.00151. The Morgan fingerprint density at radius 2 is 1.16 bits per heavy atom. The minimum Gasteiger partial charge on any atom is -0.356 e. The second-order valence-corrected chi connectivity index (χ2v) is 9.98. The zero-order chi connectivity index (χ0) is 23.7. The van der Waals surface area contributed by atoms with Crippen molar-refractivity contribution >= 4 is 23.3 Å². The molecule has 2 aliphatic carbocycles. The van der Waals surface area contributed by atoms with E-state index in [9.17, 15) is 19.2 Å². The molecule has 178 valence electrons. The summed E-state index contributed by atoms with van der Waals surface area (Å²) >= 11 is 0. The van der Waals surface area contributed by atoms with Gasteiger partial charge in [-0.25, -0.2) is 0 Å². The summed E-state index contributed by atoms with van der Waals surface area (Å²) in [6.45, 7) is 11.6. The number of hydrogen-bond acceptors (Lipinski definition) is 4. The minimum atomic E-state index is -0.0461. The van der Waals surface area contributed by atoms with E-state index in [0.717, 1.165) is 57.8 Å². The summed E-state index contributed by atoms with van der Waals surface area (Å²) in [7, 11) is 0. The zero-order valence-corrected chi connectivity index (χ0v) is 20.0. The van der Waals surface area contributed by atoms with Crippen LogP contribution in [0.15, 0.2) is 24.3 Å². The smallest absolute Gasteiger partial charge is 0.223 e. The number of rotatable bonds is 14. The van der Waals surface area contributed by atoms with E-state index in [1.54, 1.807) is 13.8 Å². The Balaban J connectivity index is 1.49. The van der Waals surface area contributed by atoms with Crippen LogP contribution in [-0.2, 0) is 19.2 Å². The van der Waals surface area contributed by atoms with Crippen LogP contribution in [0.5, 0.6) is 0 Å². The first-order valence-electron chi connectivity index (χ1n) is 12.4. The lowest BCUT2D eigenvalue weighted by atomic mass is 9.93. The molecule has 0 saturated heterocycles. The zero-order valence-electron chi connectivity index (χ0n) is 20.0. The molecule has 2 rings (SSSR count). The highest BCUT2D eigenvalue weighted by Gasteiger charge is 2.34. The lowest BCUT2D eigenvalue weighted by Gasteiger charge is -2.12. The van der Waals surface area contributed by atoms with Crippen LogP contribution < -0.4 is 5.32 Å². The van der Waals surface area contributed by atoms with Crippen molar-refractivity contribution in [3.8, 4) is 0 Å². The Morgan fingerprint density at radius 3 is 1.75 bits per heavy atom. The highest BCUT2D eigenvalue weighted by atomic mass is 16.2. The normalized spacial score (nSPS) is 24.8. The Morgan fingerprint density at radius 1 is 0.688 bits per heavy atom. The maximum absolute atomic E-state index is 12.4. The summed E-state index contributed by atoms with van der Waals surface area (Å²) in [6, 6.07) is 0. The van der Waals surface area contributed by atoms with E-state index in [-0.39, 0.29) is 41.1 Å². The van der Waals surface area contributed by atoms with Gasteiger partial charge >= 0.3 is 0 Å². The summed E-state index contributed by atoms with van der Waals surface area (Å²) in [5.74, 6) is 0.592. The van der Waals surface area contributed by atoms with Gasteiger partial charge < -0.3 is 5.32 Å². The number of nitrogens with one attached hydrogen (secondary N) is 1. The van der Waals surface area contributed by atoms with Crippen molar-refractivity contribution in [1.29, 1.82) is 0 Å². The van der Waals surface area contributed by atoms with Gasteiger partial charge in [0.2, 0.25) is 5.91 Å². The highest BCUT2D eigenvalue weighted by molar-refractivity contribution is 5.97. The fraction of sp³-hybridized carbons (Fsp3) is 0.704. The van der Waals surface area contributed by atoms with E-state index in [1.165, 1.54) is 0 Å². The molecule has 1 N–H and O–H groups in total. The van der Waals surface area contributed by atoms with Crippen LogP contribution in [0.4, 0.5) is 0 Å². The topological polar surface area (TPSA) is 80.3 Å². The number of carbonyl (C=O) groups excluding carboxylic acids is 4. The van der Waals surface area contributed by atoms with Gasteiger partial charge in [-0.15, -0.1) is 0 Å². The third-order valence-corrected chi connectivity index (χ3v) is 7.17. The number of hydrogen-bond donors (Lipinski definition) is 1. The molecule has 2 aliphatic rings. The van der Waals surface area contributed by atoms with Gasteiger partial charge in [0.15, 0.2) is 11.6 Å². The molecule has 32 heavy (non-hydrogen) atoms. The van der Waals surface area contributed by atoms with Crippen LogP contribution in [-0.4, -0.2) is 29.8 Å². The first-order valence-corrected chi connectivity index (χ1v) is 12.4. The fourth-order valence-corrected chi connectivity index (χ4v) is 5.18. The molecule has 0 bridgehead atoms.